The second-order valence-electron chi connectivity index (χ2n) is 6.70. The van der Waals surface area contributed by atoms with Crippen LogP contribution < -0.4 is 9.47 Å². The molecule has 0 fully saturated rings. The fourth-order valence-corrected chi connectivity index (χ4v) is 3.57. The molecule has 170 valence electrons. The van der Waals surface area contributed by atoms with Gasteiger partial charge in [-0.05, 0) is 42.5 Å². The first kappa shape index (κ1) is 22.6. The van der Waals surface area contributed by atoms with E-state index >= 15 is 0 Å². The van der Waals surface area contributed by atoms with Crippen LogP contribution in [0.5, 0.6) is 11.5 Å². The van der Waals surface area contributed by atoms with Gasteiger partial charge in [0.1, 0.15) is 5.03 Å². The Morgan fingerprint density at radius 1 is 0.879 bits per heavy atom. The van der Waals surface area contributed by atoms with Crippen molar-refractivity contribution in [2.45, 2.75) is 17.0 Å². The smallest absolute Gasteiger partial charge is 0.416 e. The molecule has 0 saturated carbocycles. The van der Waals surface area contributed by atoms with Crippen molar-refractivity contribution < 1.29 is 27.2 Å². The van der Waals surface area contributed by atoms with Gasteiger partial charge in [0, 0.05) is 11.1 Å². The lowest BCUT2D eigenvalue weighted by molar-refractivity contribution is -0.137. The van der Waals surface area contributed by atoms with Gasteiger partial charge in [-0.15, -0.1) is 10.2 Å². The Balaban J connectivity index is 1.40. The van der Waals surface area contributed by atoms with Crippen LogP contribution in [0.1, 0.15) is 11.5 Å². The van der Waals surface area contributed by atoms with Crippen molar-refractivity contribution >= 4 is 11.8 Å². The summed E-state index contributed by atoms with van der Waals surface area (Å²) in [5.41, 5.74) is 1.19. The van der Waals surface area contributed by atoms with Gasteiger partial charge in [-0.3, -0.25) is 0 Å². The zero-order valence-corrected chi connectivity index (χ0v) is 18.3. The van der Waals surface area contributed by atoms with Gasteiger partial charge >= 0.3 is 6.18 Å². The number of hydrogen-bond donors (Lipinski definition) is 0. The summed E-state index contributed by atoms with van der Waals surface area (Å²) >= 11 is 1.34. The second-order valence-corrected chi connectivity index (χ2v) is 7.70. The van der Waals surface area contributed by atoms with Crippen LogP contribution in [-0.4, -0.2) is 34.6 Å². The molecule has 0 aliphatic rings. The van der Waals surface area contributed by atoms with E-state index in [1.165, 1.54) is 23.9 Å². The third kappa shape index (κ3) is 5.25. The zero-order valence-electron chi connectivity index (χ0n) is 17.5. The van der Waals surface area contributed by atoms with Gasteiger partial charge < -0.3 is 14.0 Å². The highest BCUT2D eigenvalue weighted by molar-refractivity contribution is 7.98. The number of hydrogen-bond acceptors (Lipinski definition) is 8. The van der Waals surface area contributed by atoms with Crippen molar-refractivity contribution in [2.75, 3.05) is 14.2 Å². The third-order valence-corrected chi connectivity index (χ3v) is 5.51. The molecular formula is C22H17F3N4O3S. The summed E-state index contributed by atoms with van der Waals surface area (Å²) in [7, 11) is 3.13. The minimum absolute atomic E-state index is 0.217. The molecule has 0 N–H and O–H groups in total. The summed E-state index contributed by atoms with van der Waals surface area (Å²) in [6.45, 7) is 0. The first-order valence-electron chi connectivity index (χ1n) is 9.56. The minimum Gasteiger partial charge on any atom is -0.493 e. The van der Waals surface area contributed by atoms with Crippen LogP contribution in [0, 0.1) is 0 Å². The second kappa shape index (κ2) is 9.49. The van der Waals surface area contributed by atoms with Crippen LogP contribution in [-0.2, 0) is 11.9 Å². The van der Waals surface area contributed by atoms with Gasteiger partial charge in [0.25, 0.3) is 0 Å². The van der Waals surface area contributed by atoms with E-state index in [1.54, 1.807) is 20.3 Å². The molecule has 0 radical (unpaired) electrons. The number of thioether (sulfide) groups is 1. The van der Waals surface area contributed by atoms with Crippen molar-refractivity contribution in [2.24, 2.45) is 0 Å². The Kier molecular flexibility index (Phi) is 6.50. The van der Waals surface area contributed by atoms with Crippen LogP contribution in [0.4, 0.5) is 13.2 Å². The molecule has 4 aromatic rings. The SMILES string of the molecule is COc1ccc(-c2ccc(SCc3nc(-c4ccc(C(F)(F)F)cc4)no3)nn2)cc1OC. The Bertz CT molecular complexity index is 1230. The molecule has 2 heterocycles. The van der Waals surface area contributed by atoms with E-state index in [1.807, 2.05) is 24.3 Å². The van der Waals surface area contributed by atoms with Gasteiger partial charge in [0.05, 0.1) is 31.2 Å². The molecule has 0 saturated heterocycles. The van der Waals surface area contributed by atoms with Crippen molar-refractivity contribution in [3.8, 4) is 34.1 Å². The summed E-state index contributed by atoms with van der Waals surface area (Å²) < 4.78 is 53.9. The highest BCUT2D eigenvalue weighted by Gasteiger charge is 2.30. The average Bonchev–Trinajstić information content (AvgIpc) is 3.31. The van der Waals surface area contributed by atoms with Crippen molar-refractivity contribution in [3.05, 3.63) is 66.1 Å². The molecule has 0 bridgehead atoms. The Labute approximate surface area is 191 Å². The van der Waals surface area contributed by atoms with Gasteiger partial charge in [-0.25, -0.2) is 0 Å². The molecule has 0 atom stereocenters. The minimum atomic E-state index is -4.40. The monoisotopic (exact) mass is 474 g/mol. The predicted octanol–water partition coefficient (Wildman–Crippen LogP) is 5.52. The van der Waals surface area contributed by atoms with Gasteiger partial charge in [0.2, 0.25) is 11.7 Å². The van der Waals surface area contributed by atoms with Crippen LogP contribution in [0.15, 0.2) is 64.1 Å². The van der Waals surface area contributed by atoms with Gasteiger partial charge in [-0.1, -0.05) is 29.1 Å². The lowest BCUT2D eigenvalue weighted by Crippen LogP contribution is -2.04. The number of nitrogens with zero attached hydrogens (tertiary/aromatic N) is 4. The van der Waals surface area contributed by atoms with E-state index in [2.05, 4.69) is 20.3 Å². The van der Waals surface area contributed by atoms with E-state index in [4.69, 9.17) is 14.0 Å². The molecule has 11 heteroatoms. The molecule has 0 spiro atoms. The molecule has 0 aliphatic carbocycles. The lowest BCUT2D eigenvalue weighted by Gasteiger charge is -2.09. The van der Waals surface area contributed by atoms with E-state index in [0.717, 1.165) is 17.7 Å². The first-order chi connectivity index (χ1) is 15.9. The molecule has 0 aliphatic heterocycles. The number of methoxy groups -OCH3 is 2. The van der Waals surface area contributed by atoms with Crippen molar-refractivity contribution in [3.63, 3.8) is 0 Å². The standard InChI is InChI=1S/C22H17F3N4O3S/c1-30-17-9-5-14(11-18(17)31-2)16-8-10-20(28-27-16)33-12-19-26-21(29-32-19)13-3-6-15(7-4-13)22(23,24)25/h3-11H,12H2,1-2H3. The summed E-state index contributed by atoms with van der Waals surface area (Å²) in [6, 6.07) is 13.7. The average molecular weight is 474 g/mol. The molecule has 33 heavy (non-hydrogen) atoms. The maximum Gasteiger partial charge on any atom is 0.416 e. The fourth-order valence-electron chi connectivity index (χ4n) is 2.92. The molecule has 2 aromatic heterocycles. The molecule has 7 nitrogen and oxygen atoms in total. The van der Waals surface area contributed by atoms with E-state index < -0.39 is 11.7 Å². The molecular weight excluding hydrogens is 457 g/mol. The Morgan fingerprint density at radius 3 is 2.24 bits per heavy atom. The van der Waals surface area contributed by atoms with E-state index in [0.29, 0.717) is 39.4 Å². The number of aromatic nitrogens is 4. The van der Waals surface area contributed by atoms with E-state index in [9.17, 15) is 13.2 Å². The Morgan fingerprint density at radius 2 is 1.61 bits per heavy atom. The number of benzene rings is 2. The topological polar surface area (TPSA) is 83.2 Å². The zero-order chi connectivity index (χ0) is 23.4. The largest absolute Gasteiger partial charge is 0.493 e. The summed E-state index contributed by atoms with van der Waals surface area (Å²) in [4.78, 5) is 4.23. The van der Waals surface area contributed by atoms with Crippen LogP contribution in [0.2, 0.25) is 0 Å². The number of halogens is 3. The normalized spacial score (nSPS) is 11.4. The van der Waals surface area contributed by atoms with Gasteiger partial charge in [-0.2, -0.15) is 18.2 Å². The number of ether oxygens (including phenoxy) is 2. The van der Waals surface area contributed by atoms with Crippen molar-refractivity contribution in [1.82, 2.24) is 20.3 Å². The van der Waals surface area contributed by atoms with Crippen LogP contribution in [0.25, 0.3) is 22.6 Å². The number of rotatable bonds is 7. The van der Waals surface area contributed by atoms with Crippen LogP contribution >= 0.6 is 11.8 Å². The summed E-state index contributed by atoms with van der Waals surface area (Å²) in [5, 5.41) is 12.9. The fraction of sp³-hybridized carbons (Fsp3) is 0.182. The highest BCUT2D eigenvalue weighted by Crippen LogP contribution is 2.32. The molecule has 2 aromatic carbocycles. The maximum atomic E-state index is 12.7. The quantitative estimate of drug-likeness (QED) is 0.324. The maximum absolute atomic E-state index is 12.7. The predicted molar refractivity (Wildman–Crippen MR) is 115 cm³/mol. The Hall–Kier alpha value is -3.60. The first-order valence-corrected chi connectivity index (χ1v) is 10.5. The van der Waals surface area contributed by atoms with Gasteiger partial charge in [0.15, 0.2) is 11.5 Å². The molecule has 4 rings (SSSR count). The highest BCUT2D eigenvalue weighted by atomic mass is 32.2. The molecule has 0 unspecified atom stereocenters. The summed E-state index contributed by atoms with van der Waals surface area (Å²) in [5.74, 6) is 2.08. The third-order valence-electron chi connectivity index (χ3n) is 4.60. The molecule has 0 amide bonds. The van der Waals surface area contributed by atoms with Crippen LogP contribution in [0.3, 0.4) is 0 Å². The summed E-state index contributed by atoms with van der Waals surface area (Å²) in [6.07, 6.45) is -4.40. The lowest BCUT2D eigenvalue weighted by atomic mass is 10.1. The number of alkyl halides is 3. The van der Waals surface area contributed by atoms with Crippen molar-refractivity contribution in [1.29, 1.82) is 0 Å². The van der Waals surface area contributed by atoms with E-state index in [-0.39, 0.29) is 5.82 Å².